The molecule has 1 saturated heterocycles. The highest BCUT2D eigenvalue weighted by molar-refractivity contribution is 5.86. The topological polar surface area (TPSA) is 60.9 Å². The molecule has 0 aromatic heterocycles. The lowest BCUT2D eigenvalue weighted by Crippen LogP contribution is -2.52. The van der Waals surface area contributed by atoms with Gasteiger partial charge in [-0.2, -0.15) is 13.2 Å². The fraction of sp³-hybridized carbons (Fsp3) is 0.600. The molecule has 1 amide bonds. The van der Waals surface area contributed by atoms with Crippen LogP contribution in [0.4, 0.5) is 18.9 Å². The van der Waals surface area contributed by atoms with Gasteiger partial charge in [0.2, 0.25) is 5.91 Å². The minimum atomic E-state index is -4.39. The van der Waals surface area contributed by atoms with Gasteiger partial charge in [-0.1, -0.05) is 6.07 Å². The number of carbonyl (C=O) groups excluding carboxylic acids is 1. The van der Waals surface area contributed by atoms with Crippen molar-refractivity contribution in [3.8, 4) is 0 Å². The monoisotopic (exact) mass is 396 g/mol. The van der Waals surface area contributed by atoms with Crippen LogP contribution in [0.5, 0.6) is 0 Å². The molecule has 1 aromatic carbocycles. The summed E-state index contributed by atoms with van der Waals surface area (Å²) >= 11 is 0. The van der Waals surface area contributed by atoms with Crippen molar-refractivity contribution in [2.45, 2.75) is 25.4 Å². The largest absolute Gasteiger partial charge is 0.481 e. The van der Waals surface area contributed by atoms with Crippen molar-refractivity contribution < 1.29 is 27.9 Å². The third kappa shape index (κ3) is 3.33. The van der Waals surface area contributed by atoms with Crippen LogP contribution in [-0.2, 0) is 15.8 Å². The second-order valence-electron chi connectivity index (χ2n) is 8.08. The summed E-state index contributed by atoms with van der Waals surface area (Å²) in [6.45, 7) is 1.67. The van der Waals surface area contributed by atoms with Gasteiger partial charge in [0.05, 0.1) is 17.4 Å². The molecular formula is C20H23F3N2O3. The molecule has 5 nitrogen and oxygen atoms in total. The summed E-state index contributed by atoms with van der Waals surface area (Å²) in [4.78, 5) is 28.2. The highest BCUT2D eigenvalue weighted by atomic mass is 19.4. The molecule has 1 heterocycles. The van der Waals surface area contributed by atoms with Crippen LogP contribution < -0.4 is 4.90 Å². The number of carboxylic acid groups (broad SMARTS) is 1. The second kappa shape index (κ2) is 6.97. The lowest BCUT2D eigenvalue weighted by atomic mass is 9.78. The summed E-state index contributed by atoms with van der Waals surface area (Å²) in [7, 11) is 0. The molecule has 0 unspecified atom stereocenters. The summed E-state index contributed by atoms with van der Waals surface area (Å²) in [5, 5.41) is 9.56. The number of carbonyl (C=O) groups is 2. The number of piperazine rings is 1. The quantitative estimate of drug-likeness (QED) is 0.853. The van der Waals surface area contributed by atoms with E-state index in [1.807, 2.05) is 4.90 Å². The summed E-state index contributed by atoms with van der Waals surface area (Å²) in [6.07, 6.45) is -1.78. The van der Waals surface area contributed by atoms with Gasteiger partial charge in [0.15, 0.2) is 0 Å². The van der Waals surface area contributed by atoms with E-state index in [0.717, 1.165) is 31.4 Å². The Kier molecular flexibility index (Phi) is 4.75. The number of hydrogen-bond acceptors (Lipinski definition) is 3. The van der Waals surface area contributed by atoms with Gasteiger partial charge in [-0.25, -0.2) is 0 Å². The summed E-state index contributed by atoms with van der Waals surface area (Å²) in [5.41, 5.74) is -0.194. The molecule has 28 heavy (non-hydrogen) atoms. The Morgan fingerprint density at radius 3 is 2.25 bits per heavy atom. The summed E-state index contributed by atoms with van der Waals surface area (Å²) < 4.78 is 38.8. The highest BCUT2D eigenvalue weighted by Crippen LogP contribution is 2.53. The van der Waals surface area contributed by atoms with Crippen LogP contribution in [0.1, 0.15) is 24.8 Å². The number of nitrogens with zero attached hydrogens (tertiary/aromatic N) is 2. The van der Waals surface area contributed by atoms with Crippen molar-refractivity contribution in [2.75, 3.05) is 31.1 Å². The van der Waals surface area contributed by atoms with E-state index in [0.29, 0.717) is 31.9 Å². The summed E-state index contributed by atoms with van der Waals surface area (Å²) in [6, 6.07) is 5.21. The Morgan fingerprint density at radius 1 is 1.00 bits per heavy atom. The van der Waals surface area contributed by atoms with E-state index in [2.05, 4.69) is 0 Å². The molecule has 8 heteroatoms. The van der Waals surface area contributed by atoms with E-state index in [-0.39, 0.29) is 17.7 Å². The van der Waals surface area contributed by atoms with Crippen LogP contribution in [0.2, 0.25) is 0 Å². The Morgan fingerprint density at radius 2 is 1.64 bits per heavy atom. The molecule has 0 spiro atoms. The van der Waals surface area contributed by atoms with Crippen LogP contribution in [0.3, 0.4) is 0 Å². The molecule has 2 saturated carbocycles. The van der Waals surface area contributed by atoms with Crippen LogP contribution in [-0.4, -0.2) is 48.1 Å². The van der Waals surface area contributed by atoms with Crippen LogP contribution in [0.15, 0.2) is 24.3 Å². The SMILES string of the molecule is O=C(O)[C@H]1[C@H]2CC[C@@H](C2)[C@@H]1C(=O)N1CCN(c2cccc(C(F)(F)F)c2)CC1. The first-order valence-corrected chi connectivity index (χ1v) is 9.69. The molecule has 1 aliphatic heterocycles. The van der Waals surface area contributed by atoms with Gasteiger partial charge in [-0.05, 0) is 49.3 Å². The van der Waals surface area contributed by atoms with Crippen LogP contribution in [0.25, 0.3) is 0 Å². The number of benzene rings is 1. The third-order valence-corrected chi connectivity index (χ3v) is 6.62. The molecule has 1 aromatic rings. The maximum Gasteiger partial charge on any atom is 0.416 e. The van der Waals surface area contributed by atoms with Crippen molar-refractivity contribution in [3.63, 3.8) is 0 Å². The average Bonchev–Trinajstić information content (AvgIpc) is 3.28. The molecule has 4 rings (SSSR count). The molecule has 1 N–H and O–H groups in total. The number of anilines is 1. The number of aliphatic carboxylic acids is 1. The van der Waals surface area contributed by atoms with Gasteiger partial charge in [0.1, 0.15) is 0 Å². The molecule has 2 bridgehead atoms. The van der Waals surface area contributed by atoms with Gasteiger partial charge in [-0.3, -0.25) is 9.59 Å². The maximum absolute atomic E-state index is 13.0. The van der Waals surface area contributed by atoms with Crippen molar-refractivity contribution in [3.05, 3.63) is 29.8 Å². The Bertz CT molecular complexity index is 774. The fourth-order valence-corrected chi connectivity index (χ4v) is 5.28. The lowest BCUT2D eigenvalue weighted by Gasteiger charge is -2.39. The van der Waals surface area contributed by atoms with Gasteiger partial charge >= 0.3 is 12.1 Å². The van der Waals surface area contributed by atoms with Crippen molar-refractivity contribution >= 4 is 17.6 Å². The molecule has 3 aliphatic rings. The smallest absolute Gasteiger partial charge is 0.416 e. The predicted octanol–water partition coefficient (Wildman–Crippen LogP) is 3.10. The van der Waals surface area contributed by atoms with E-state index in [9.17, 15) is 27.9 Å². The summed E-state index contributed by atoms with van der Waals surface area (Å²) in [5.74, 6) is -1.76. The van der Waals surface area contributed by atoms with Crippen molar-refractivity contribution in [1.82, 2.24) is 4.90 Å². The number of hydrogen-bond donors (Lipinski definition) is 1. The van der Waals surface area contributed by atoms with Crippen molar-refractivity contribution in [1.29, 1.82) is 0 Å². The standard InChI is InChI=1S/C20H23F3N2O3/c21-20(22,23)14-2-1-3-15(11-14)24-6-8-25(9-7-24)18(26)16-12-4-5-13(10-12)17(16)19(27)28/h1-3,11-13,16-17H,4-10H2,(H,27,28)/t12-,13-,16-,17-/m0/s1. The number of alkyl halides is 3. The zero-order valence-electron chi connectivity index (χ0n) is 15.4. The van der Waals surface area contributed by atoms with Gasteiger partial charge in [0.25, 0.3) is 0 Å². The minimum absolute atomic E-state index is 0.0942. The molecule has 3 fully saturated rings. The highest BCUT2D eigenvalue weighted by Gasteiger charge is 2.54. The fourth-order valence-electron chi connectivity index (χ4n) is 5.28. The van der Waals surface area contributed by atoms with Gasteiger partial charge in [-0.15, -0.1) is 0 Å². The van der Waals surface area contributed by atoms with E-state index < -0.39 is 29.5 Å². The molecule has 152 valence electrons. The van der Waals surface area contributed by atoms with E-state index in [1.165, 1.54) is 6.07 Å². The zero-order chi connectivity index (χ0) is 20.1. The normalized spacial score (nSPS) is 30.0. The first-order valence-electron chi connectivity index (χ1n) is 9.69. The Balaban J connectivity index is 1.42. The molecule has 0 radical (unpaired) electrons. The Hall–Kier alpha value is -2.25. The number of amides is 1. The van der Waals surface area contributed by atoms with E-state index in [1.54, 1.807) is 11.0 Å². The van der Waals surface area contributed by atoms with E-state index >= 15 is 0 Å². The predicted molar refractivity (Wildman–Crippen MR) is 95.7 cm³/mol. The molecule has 2 aliphatic carbocycles. The van der Waals surface area contributed by atoms with E-state index in [4.69, 9.17) is 0 Å². The first kappa shape index (κ1) is 19.1. The van der Waals surface area contributed by atoms with Crippen LogP contribution in [0, 0.1) is 23.7 Å². The maximum atomic E-state index is 13.0. The van der Waals surface area contributed by atoms with Gasteiger partial charge in [0, 0.05) is 31.9 Å². The second-order valence-corrected chi connectivity index (χ2v) is 8.08. The minimum Gasteiger partial charge on any atom is -0.481 e. The average molecular weight is 396 g/mol. The third-order valence-electron chi connectivity index (χ3n) is 6.62. The lowest BCUT2D eigenvalue weighted by molar-refractivity contribution is -0.153. The Labute approximate surface area is 161 Å². The van der Waals surface area contributed by atoms with Gasteiger partial charge < -0.3 is 14.9 Å². The molecular weight excluding hydrogens is 373 g/mol. The number of fused-ring (bicyclic) bond motifs is 2. The number of halogens is 3. The number of carboxylic acids is 1. The van der Waals surface area contributed by atoms with Crippen molar-refractivity contribution in [2.24, 2.45) is 23.7 Å². The zero-order valence-corrected chi connectivity index (χ0v) is 15.4. The number of rotatable bonds is 3. The first-order chi connectivity index (χ1) is 13.3. The van der Waals surface area contributed by atoms with Crippen LogP contribution >= 0.6 is 0 Å². The molecule has 4 atom stereocenters.